The summed E-state index contributed by atoms with van der Waals surface area (Å²) in [7, 11) is -9.92. The number of rotatable bonds is 76. The van der Waals surface area contributed by atoms with E-state index in [1.807, 2.05) is 0 Å². The van der Waals surface area contributed by atoms with E-state index in [1.165, 1.54) is 199 Å². The maximum absolute atomic E-state index is 13.1. The third kappa shape index (κ3) is 69.8. The smallest absolute Gasteiger partial charge is 0.462 e. The molecule has 0 aliphatic carbocycles. The number of aliphatic hydroxyl groups is 1. The molecule has 0 heterocycles. The molecule has 3 N–H and O–H groups in total. The van der Waals surface area contributed by atoms with Gasteiger partial charge in [-0.3, -0.25) is 37.3 Å². The van der Waals surface area contributed by atoms with Crippen LogP contribution in [0.5, 0.6) is 0 Å². The highest BCUT2D eigenvalue weighted by Crippen LogP contribution is 2.45. The summed E-state index contributed by atoms with van der Waals surface area (Å²) in [5.41, 5.74) is 0. The lowest BCUT2D eigenvalue weighted by atomic mass is 9.99. The number of phosphoric acid groups is 2. The van der Waals surface area contributed by atoms with E-state index in [0.29, 0.717) is 25.7 Å². The van der Waals surface area contributed by atoms with Gasteiger partial charge in [0.05, 0.1) is 26.4 Å². The van der Waals surface area contributed by atoms with E-state index in [0.717, 1.165) is 120 Å². The number of carbonyl (C=O) groups excluding carboxylic acids is 4. The Balaban J connectivity index is 5.25. The second-order valence-electron chi connectivity index (χ2n) is 29.9. The first-order chi connectivity index (χ1) is 47.2. The van der Waals surface area contributed by atoms with Crippen molar-refractivity contribution in [1.82, 2.24) is 0 Å². The maximum Gasteiger partial charge on any atom is 0.472 e. The molecule has 4 unspecified atom stereocenters. The summed E-state index contributed by atoms with van der Waals surface area (Å²) in [6.45, 7) is 14.3. The Kier molecular flexibility index (Phi) is 66.8. The number of hydrogen-bond donors (Lipinski definition) is 3. The Morgan fingerprint density at radius 3 is 0.724 bits per heavy atom. The third-order valence-corrected chi connectivity index (χ3v) is 20.9. The van der Waals surface area contributed by atoms with Crippen LogP contribution in [0.15, 0.2) is 0 Å². The van der Waals surface area contributed by atoms with Gasteiger partial charge in [-0.15, -0.1) is 0 Å². The third-order valence-electron chi connectivity index (χ3n) is 19.0. The molecule has 0 saturated heterocycles. The summed E-state index contributed by atoms with van der Waals surface area (Å²) in [5.74, 6) is 1.01. The van der Waals surface area contributed by atoms with Gasteiger partial charge in [0.25, 0.3) is 0 Å². The lowest BCUT2D eigenvalue weighted by Gasteiger charge is -2.21. The van der Waals surface area contributed by atoms with Gasteiger partial charge in [0.2, 0.25) is 0 Å². The van der Waals surface area contributed by atoms with Crippen molar-refractivity contribution in [3.05, 3.63) is 0 Å². The van der Waals surface area contributed by atoms with Crippen LogP contribution >= 0.6 is 15.6 Å². The van der Waals surface area contributed by atoms with Crippen LogP contribution in [0.25, 0.3) is 0 Å². The number of aliphatic hydroxyl groups excluding tert-OH is 1. The van der Waals surface area contributed by atoms with Gasteiger partial charge in [-0.2, -0.15) is 0 Å². The molecule has 0 aromatic heterocycles. The number of ether oxygens (including phenoxy) is 4. The van der Waals surface area contributed by atoms with Crippen molar-refractivity contribution < 1.29 is 80.2 Å². The van der Waals surface area contributed by atoms with Crippen molar-refractivity contribution in [3.8, 4) is 0 Å². The molecule has 0 spiro atoms. The zero-order valence-electron chi connectivity index (χ0n) is 64.4. The van der Waals surface area contributed by atoms with Crippen molar-refractivity contribution in [2.75, 3.05) is 39.6 Å². The minimum Gasteiger partial charge on any atom is -0.462 e. The molecule has 0 aliphatic rings. The highest BCUT2D eigenvalue weighted by Gasteiger charge is 2.30. The van der Waals surface area contributed by atoms with Crippen molar-refractivity contribution in [3.63, 3.8) is 0 Å². The van der Waals surface area contributed by atoms with Crippen molar-refractivity contribution in [2.45, 2.75) is 420 Å². The summed E-state index contributed by atoms with van der Waals surface area (Å²) < 4.78 is 68.6. The van der Waals surface area contributed by atoms with Crippen LogP contribution in [-0.4, -0.2) is 96.7 Å². The fraction of sp³-hybridized carbons (Fsp3) is 0.949. The predicted octanol–water partition coefficient (Wildman–Crippen LogP) is 23.2. The monoisotopic (exact) mass is 1440 g/mol. The van der Waals surface area contributed by atoms with Crippen LogP contribution in [0.2, 0.25) is 0 Å². The minimum atomic E-state index is -4.96. The molecule has 0 rings (SSSR count). The number of unbranched alkanes of at least 4 members (excludes halogenated alkanes) is 40. The lowest BCUT2D eigenvalue weighted by Crippen LogP contribution is -2.30. The molecule has 582 valence electrons. The van der Waals surface area contributed by atoms with Gasteiger partial charge in [-0.1, -0.05) is 351 Å². The number of hydrogen-bond acceptors (Lipinski definition) is 15. The Morgan fingerprint density at radius 1 is 0.286 bits per heavy atom. The quantitative estimate of drug-likeness (QED) is 0.0222. The Hall–Kier alpha value is -1.94. The van der Waals surface area contributed by atoms with Crippen molar-refractivity contribution in [1.29, 1.82) is 0 Å². The summed E-state index contributed by atoms with van der Waals surface area (Å²) in [6.07, 6.45) is 54.0. The maximum atomic E-state index is 13.1. The molecule has 0 saturated carbocycles. The van der Waals surface area contributed by atoms with E-state index < -0.39 is 97.5 Å². The SMILES string of the molecule is CCC(C)CCCCCCCCCCCCC(=O)O[C@H](COC(=O)CCCCCCCCC(C)CC)COP(=O)(O)OC[C@H](O)COP(=O)(O)OC[C@@H](COC(=O)CCCCCCCCCCCCCCCCCC(C)C)OC(=O)CCCCCCCCCCCCCCCC(C)C. The Morgan fingerprint density at radius 2 is 0.490 bits per heavy atom. The Bertz CT molecular complexity index is 1920. The van der Waals surface area contributed by atoms with Gasteiger partial charge in [0.1, 0.15) is 19.3 Å². The first kappa shape index (κ1) is 96.1. The first-order valence-electron chi connectivity index (χ1n) is 40.8. The number of carbonyl (C=O) groups is 4. The molecule has 17 nitrogen and oxygen atoms in total. The van der Waals surface area contributed by atoms with E-state index >= 15 is 0 Å². The van der Waals surface area contributed by atoms with Crippen LogP contribution in [0.1, 0.15) is 402 Å². The molecule has 7 atom stereocenters. The molecule has 0 amide bonds. The molecule has 19 heteroatoms. The standard InChI is InChI=1S/C79H154O17P2/c1-9-71(7)57-49-41-33-27-23-24-30-36-46-54-62-79(84)96-75(66-90-77(82)60-52-44-38-37-42-50-58-72(8)10-2)68-94-98(87,88)92-64-73(80)63-91-97(85,86)93-67-74(95-78(83)61-53-45-35-29-22-18-14-16-20-26-32-40-48-56-70(5)6)65-89-76(81)59-51-43-34-28-21-17-13-11-12-15-19-25-31-39-47-55-69(3)4/h69-75,80H,9-68H2,1-8H3,(H,85,86)(H,87,88)/t71?,72?,73-,74-,75-/m1/s1. The summed E-state index contributed by atoms with van der Waals surface area (Å²) in [4.78, 5) is 73.0. The van der Waals surface area contributed by atoms with Crippen LogP contribution in [0, 0.1) is 23.7 Å². The van der Waals surface area contributed by atoms with Gasteiger partial charge in [0.15, 0.2) is 12.2 Å². The first-order valence-corrected chi connectivity index (χ1v) is 43.8. The predicted molar refractivity (Wildman–Crippen MR) is 400 cm³/mol. The van der Waals surface area contributed by atoms with E-state index in [4.69, 9.17) is 37.0 Å². The van der Waals surface area contributed by atoms with Crippen LogP contribution in [0.3, 0.4) is 0 Å². The second-order valence-corrected chi connectivity index (χ2v) is 32.8. The molecule has 0 radical (unpaired) electrons. The normalized spacial score (nSPS) is 14.6. The topological polar surface area (TPSA) is 237 Å². The van der Waals surface area contributed by atoms with Crippen LogP contribution < -0.4 is 0 Å². The van der Waals surface area contributed by atoms with E-state index in [-0.39, 0.29) is 25.7 Å². The second kappa shape index (κ2) is 68.2. The minimum absolute atomic E-state index is 0.105. The Labute approximate surface area is 600 Å². The summed E-state index contributed by atoms with van der Waals surface area (Å²) in [5, 5.41) is 10.6. The molecule has 0 aromatic carbocycles. The largest absolute Gasteiger partial charge is 0.472 e. The van der Waals surface area contributed by atoms with Gasteiger partial charge in [-0.25, -0.2) is 9.13 Å². The lowest BCUT2D eigenvalue weighted by molar-refractivity contribution is -0.161. The zero-order chi connectivity index (χ0) is 72.4. The zero-order valence-corrected chi connectivity index (χ0v) is 66.2. The van der Waals surface area contributed by atoms with E-state index in [9.17, 15) is 43.2 Å². The number of phosphoric ester groups is 2. The molecule has 0 aromatic rings. The molecular weight excluding hydrogens is 1280 g/mol. The van der Waals surface area contributed by atoms with E-state index in [2.05, 4.69) is 55.4 Å². The van der Waals surface area contributed by atoms with Crippen LogP contribution in [-0.2, 0) is 65.4 Å². The average Bonchev–Trinajstić information content (AvgIpc) is 0.957. The molecule has 0 bridgehead atoms. The molecule has 98 heavy (non-hydrogen) atoms. The van der Waals surface area contributed by atoms with Crippen molar-refractivity contribution >= 4 is 39.5 Å². The van der Waals surface area contributed by atoms with Gasteiger partial charge < -0.3 is 33.8 Å². The van der Waals surface area contributed by atoms with Gasteiger partial charge in [0, 0.05) is 25.7 Å². The van der Waals surface area contributed by atoms with Gasteiger partial charge >= 0.3 is 39.5 Å². The summed E-state index contributed by atoms with van der Waals surface area (Å²) >= 11 is 0. The molecule has 0 fully saturated rings. The number of esters is 4. The van der Waals surface area contributed by atoms with E-state index in [1.54, 1.807) is 0 Å². The van der Waals surface area contributed by atoms with Gasteiger partial charge in [-0.05, 0) is 49.4 Å². The van der Waals surface area contributed by atoms with Crippen molar-refractivity contribution in [2.24, 2.45) is 23.7 Å². The highest BCUT2D eigenvalue weighted by molar-refractivity contribution is 7.47. The highest BCUT2D eigenvalue weighted by atomic mass is 31.2. The molecular formula is C79H154O17P2. The average molecular weight is 1440 g/mol. The fourth-order valence-electron chi connectivity index (χ4n) is 12.0. The molecule has 0 aliphatic heterocycles. The summed E-state index contributed by atoms with van der Waals surface area (Å²) in [6, 6.07) is 0. The van der Waals surface area contributed by atoms with Crippen LogP contribution in [0.4, 0.5) is 0 Å². The fourth-order valence-corrected chi connectivity index (χ4v) is 13.6.